The first-order valence-electron chi connectivity index (χ1n) is 5.88. The van der Waals surface area contributed by atoms with Crippen LogP contribution >= 0.6 is 11.6 Å². The molecule has 1 aliphatic heterocycles. The number of anilines is 1. The Hall–Kier alpha value is -1.41. The van der Waals surface area contributed by atoms with E-state index in [-0.39, 0.29) is 16.3 Å². The maximum atomic E-state index is 11.7. The zero-order valence-electron chi connectivity index (χ0n) is 9.93. The molecule has 0 spiro atoms. The summed E-state index contributed by atoms with van der Waals surface area (Å²) in [6.45, 7) is 0.329. The zero-order valence-corrected chi connectivity index (χ0v) is 11.5. The van der Waals surface area contributed by atoms with Crippen LogP contribution in [0.4, 0.5) is 5.82 Å². The fraction of sp³-hybridized carbons (Fsp3) is 0.500. The van der Waals surface area contributed by atoms with Gasteiger partial charge in [0.2, 0.25) is 5.28 Å². The van der Waals surface area contributed by atoms with Gasteiger partial charge in [0, 0.05) is 6.54 Å². The van der Waals surface area contributed by atoms with Gasteiger partial charge in [-0.1, -0.05) is 0 Å². The van der Waals surface area contributed by atoms with E-state index < -0.39 is 9.84 Å². The summed E-state index contributed by atoms with van der Waals surface area (Å²) in [6.07, 6.45) is 2.99. The molecule has 2 aromatic heterocycles. The Morgan fingerprint density at radius 3 is 3.05 bits per heavy atom. The van der Waals surface area contributed by atoms with Gasteiger partial charge < -0.3 is 5.32 Å². The molecule has 0 radical (unpaired) electrons. The highest BCUT2D eigenvalue weighted by Crippen LogP contribution is 2.23. The molecule has 1 atom stereocenters. The van der Waals surface area contributed by atoms with Crippen molar-refractivity contribution < 1.29 is 8.42 Å². The number of hydrogen-bond donors (Lipinski definition) is 2. The number of halogens is 1. The van der Waals surface area contributed by atoms with Crippen LogP contribution in [0.25, 0.3) is 11.0 Å². The Morgan fingerprint density at radius 1 is 1.47 bits per heavy atom. The minimum Gasteiger partial charge on any atom is -0.368 e. The van der Waals surface area contributed by atoms with E-state index in [0.29, 0.717) is 29.8 Å². The summed E-state index contributed by atoms with van der Waals surface area (Å²) < 4.78 is 23.5. The molecule has 1 saturated heterocycles. The first-order chi connectivity index (χ1) is 9.06. The number of H-pyrrole nitrogens is 1. The molecule has 0 aromatic carbocycles. The molecule has 3 heterocycles. The van der Waals surface area contributed by atoms with Gasteiger partial charge in [0.15, 0.2) is 15.5 Å². The average molecular weight is 302 g/mol. The average Bonchev–Trinajstić information content (AvgIpc) is 2.92. The Bertz CT molecular complexity index is 714. The van der Waals surface area contributed by atoms with Crippen LogP contribution in [0.15, 0.2) is 6.20 Å². The lowest BCUT2D eigenvalue weighted by atomic mass is 10.2. The summed E-state index contributed by atoms with van der Waals surface area (Å²) >= 11 is 5.80. The van der Waals surface area contributed by atoms with Gasteiger partial charge in [-0.05, 0) is 24.4 Å². The van der Waals surface area contributed by atoms with Crippen molar-refractivity contribution in [3.05, 3.63) is 11.5 Å². The van der Waals surface area contributed by atoms with Gasteiger partial charge in [-0.25, -0.2) is 8.42 Å². The van der Waals surface area contributed by atoms with E-state index in [2.05, 4.69) is 25.5 Å². The highest BCUT2D eigenvalue weighted by molar-refractivity contribution is 7.92. The Kier molecular flexibility index (Phi) is 3.06. The molecule has 0 amide bonds. The number of sulfone groups is 1. The predicted molar refractivity (Wildman–Crippen MR) is 72.0 cm³/mol. The summed E-state index contributed by atoms with van der Waals surface area (Å²) in [4.78, 5) is 8.05. The van der Waals surface area contributed by atoms with Gasteiger partial charge in [0.1, 0.15) is 5.82 Å². The molecule has 0 bridgehead atoms. The third-order valence-corrected chi connectivity index (χ3v) is 5.69. The number of fused-ring (bicyclic) bond motifs is 1. The molecule has 0 saturated carbocycles. The predicted octanol–water partition coefficient (Wildman–Crippen LogP) is 0.995. The van der Waals surface area contributed by atoms with Crippen molar-refractivity contribution in [2.75, 3.05) is 17.6 Å². The van der Waals surface area contributed by atoms with Gasteiger partial charge >= 0.3 is 0 Å². The Balaban J connectivity index is 1.84. The highest BCUT2D eigenvalue weighted by atomic mass is 35.5. The molecule has 0 aliphatic carbocycles. The van der Waals surface area contributed by atoms with E-state index in [0.717, 1.165) is 6.42 Å². The van der Waals surface area contributed by atoms with Crippen molar-refractivity contribution in [2.24, 2.45) is 0 Å². The number of aromatic nitrogens is 4. The second-order valence-corrected chi connectivity index (χ2v) is 7.22. The van der Waals surface area contributed by atoms with Gasteiger partial charge in [0.25, 0.3) is 0 Å². The van der Waals surface area contributed by atoms with E-state index in [1.165, 1.54) is 0 Å². The van der Waals surface area contributed by atoms with E-state index in [9.17, 15) is 8.42 Å². The summed E-state index contributed by atoms with van der Waals surface area (Å²) in [5, 5.41) is 10.0. The minimum atomic E-state index is -2.97. The molecular weight excluding hydrogens is 290 g/mol. The van der Waals surface area contributed by atoms with Crippen molar-refractivity contribution in [3.63, 3.8) is 0 Å². The number of rotatable bonds is 3. The van der Waals surface area contributed by atoms with Gasteiger partial charge in [-0.15, -0.1) is 0 Å². The summed E-state index contributed by atoms with van der Waals surface area (Å²) in [5.41, 5.74) is 0.525. The highest BCUT2D eigenvalue weighted by Gasteiger charge is 2.31. The molecule has 19 heavy (non-hydrogen) atoms. The number of nitrogens with one attached hydrogen (secondary N) is 2. The van der Waals surface area contributed by atoms with Crippen LogP contribution in [-0.4, -0.2) is 46.1 Å². The molecule has 102 valence electrons. The molecule has 2 aromatic rings. The van der Waals surface area contributed by atoms with Crippen LogP contribution in [0.2, 0.25) is 5.28 Å². The molecule has 9 heteroatoms. The quantitative estimate of drug-likeness (QED) is 0.820. The lowest BCUT2D eigenvalue weighted by molar-refractivity contribution is 0.591. The van der Waals surface area contributed by atoms with Gasteiger partial charge in [0.05, 0.1) is 22.6 Å². The van der Waals surface area contributed by atoms with Gasteiger partial charge in [-0.2, -0.15) is 15.1 Å². The molecule has 1 unspecified atom stereocenters. The summed E-state index contributed by atoms with van der Waals surface area (Å²) in [5.74, 6) is 0.774. The Morgan fingerprint density at radius 2 is 2.32 bits per heavy atom. The molecule has 3 rings (SSSR count). The second kappa shape index (κ2) is 4.61. The van der Waals surface area contributed by atoms with Crippen molar-refractivity contribution in [1.82, 2.24) is 20.2 Å². The molecule has 2 N–H and O–H groups in total. The lowest BCUT2D eigenvalue weighted by Gasteiger charge is -2.11. The number of hydrogen-bond acceptors (Lipinski definition) is 6. The molecule has 1 aliphatic rings. The van der Waals surface area contributed by atoms with Gasteiger partial charge in [-0.3, -0.25) is 5.10 Å². The SMILES string of the molecule is O=S1(=O)CCCC1CNc1nc(Cl)nc2[nH]ncc12. The second-order valence-electron chi connectivity index (χ2n) is 4.49. The normalized spacial score (nSPS) is 21.8. The van der Waals surface area contributed by atoms with E-state index >= 15 is 0 Å². The molecule has 7 nitrogen and oxygen atoms in total. The van der Waals surface area contributed by atoms with E-state index in [1.54, 1.807) is 6.20 Å². The van der Waals surface area contributed by atoms with Crippen molar-refractivity contribution in [3.8, 4) is 0 Å². The number of aromatic amines is 1. The molecule has 1 fully saturated rings. The fourth-order valence-corrected chi connectivity index (χ4v) is 4.17. The van der Waals surface area contributed by atoms with Crippen LogP contribution in [0.5, 0.6) is 0 Å². The van der Waals surface area contributed by atoms with E-state index in [4.69, 9.17) is 11.6 Å². The topological polar surface area (TPSA) is 101 Å². The van der Waals surface area contributed by atoms with Crippen LogP contribution in [0, 0.1) is 0 Å². The smallest absolute Gasteiger partial charge is 0.226 e. The van der Waals surface area contributed by atoms with Crippen LogP contribution in [0.1, 0.15) is 12.8 Å². The van der Waals surface area contributed by atoms with Crippen molar-refractivity contribution >= 4 is 38.3 Å². The van der Waals surface area contributed by atoms with Crippen molar-refractivity contribution in [1.29, 1.82) is 0 Å². The lowest BCUT2D eigenvalue weighted by Crippen LogP contribution is -2.25. The maximum Gasteiger partial charge on any atom is 0.226 e. The largest absolute Gasteiger partial charge is 0.368 e. The third kappa shape index (κ3) is 2.37. The first kappa shape index (κ1) is 12.6. The number of nitrogens with zero attached hydrogens (tertiary/aromatic N) is 3. The molecular formula is C10H12ClN5O2S. The van der Waals surface area contributed by atoms with Crippen LogP contribution in [0.3, 0.4) is 0 Å². The third-order valence-electron chi connectivity index (χ3n) is 3.24. The minimum absolute atomic E-state index is 0.0912. The first-order valence-corrected chi connectivity index (χ1v) is 7.98. The fourth-order valence-electron chi connectivity index (χ4n) is 2.24. The van der Waals surface area contributed by atoms with E-state index in [1.807, 2.05) is 0 Å². The van der Waals surface area contributed by atoms with Crippen molar-refractivity contribution in [2.45, 2.75) is 18.1 Å². The summed E-state index contributed by atoms with van der Waals surface area (Å²) in [6, 6.07) is 0. The Labute approximate surface area is 114 Å². The maximum absolute atomic E-state index is 11.7. The standard InChI is InChI=1S/C10H12ClN5O2S/c11-10-14-8(7-5-13-16-9(7)15-10)12-4-6-2-1-3-19(6,17)18/h5-6H,1-4H2,(H2,12,13,14,15,16). The van der Waals surface area contributed by atoms with Crippen LogP contribution < -0.4 is 5.32 Å². The zero-order chi connectivity index (χ0) is 13.5. The monoisotopic (exact) mass is 301 g/mol. The summed E-state index contributed by atoms with van der Waals surface area (Å²) in [7, 11) is -2.97. The van der Waals surface area contributed by atoms with Crippen LogP contribution in [-0.2, 0) is 9.84 Å².